The molecule has 10 heavy (non-hydrogen) atoms. The van der Waals surface area contributed by atoms with Crippen LogP contribution in [-0.2, 0) is 4.79 Å². The summed E-state index contributed by atoms with van der Waals surface area (Å²) in [4.78, 5) is 13.1. The van der Waals surface area contributed by atoms with E-state index in [4.69, 9.17) is 23.2 Å². The Balaban J connectivity index is 3.14. The first-order valence-electron chi connectivity index (χ1n) is 2.26. The zero-order valence-corrected chi connectivity index (χ0v) is 6.93. The zero-order chi connectivity index (χ0) is 7.56. The Morgan fingerprint density at radius 3 is 2.70 bits per heavy atom. The van der Waals surface area contributed by atoms with Gasteiger partial charge in [0, 0.05) is 0 Å². The van der Waals surface area contributed by atoms with Crippen molar-refractivity contribution in [2.75, 3.05) is 0 Å². The lowest BCUT2D eigenvalue weighted by molar-refractivity contribution is 0.565. The Labute approximate surface area is 71.1 Å². The largest absolute Gasteiger partial charge is 0.240 e. The zero-order valence-electron chi connectivity index (χ0n) is 4.60. The summed E-state index contributed by atoms with van der Waals surface area (Å²) in [6.45, 7) is 0. The third kappa shape index (κ3) is 1.58. The number of nitrogens with zero attached hydrogens (tertiary/aromatic N) is 1. The second-order valence-corrected chi connectivity index (χ2v) is 3.70. The van der Waals surface area contributed by atoms with Crippen molar-refractivity contribution in [3.05, 3.63) is 14.7 Å². The van der Waals surface area contributed by atoms with Gasteiger partial charge in [-0.3, -0.25) is 0 Å². The summed E-state index contributed by atoms with van der Waals surface area (Å²) in [5, 5.41) is 0. The third-order valence-corrected chi connectivity index (χ3v) is 2.27. The lowest BCUT2D eigenvalue weighted by atomic mass is 10.5. The molecule has 0 fully saturated rings. The molecule has 0 amide bonds. The van der Waals surface area contributed by atoms with Gasteiger partial charge in [-0.2, -0.15) is 4.99 Å². The maximum atomic E-state index is 9.75. The third-order valence-electron chi connectivity index (χ3n) is 0.805. The smallest absolute Gasteiger partial charge is 0.211 e. The minimum atomic E-state index is 0.381. The average Bonchev–Trinajstić information content (AvgIpc) is 2.13. The van der Waals surface area contributed by atoms with Gasteiger partial charge >= 0.3 is 0 Å². The summed E-state index contributed by atoms with van der Waals surface area (Å²) in [6.07, 6.45) is 1.38. The minimum absolute atomic E-state index is 0.381. The van der Waals surface area contributed by atoms with Crippen LogP contribution in [0.25, 0.3) is 0 Å². The van der Waals surface area contributed by atoms with Crippen molar-refractivity contribution in [1.29, 1.82) is 0 Å². The van der Waals surface area contributed by atoms with Crippen LogP contribution in [0, 0.1) is 0 Å². The fourth-order valence-electron chi connectivity index (χ4n) is 0.457. The normalized spacial score (nSPS) is 9.00. The Bertz CT molecular complexity index is 290. The van der Waals surface area contributed by atoms with Crippen LogP contribution < -0.4 is 0 Å². The fourth-order valence-corrected chi connectivity index (χ4v) is 1.81. The highest BCUT2D eigenvalue weighted by Gasteiger charge is 2.02. The van der Waals surface area contributed by atoms with E-state index in [0.29, 0.717) is 14.4 Å². The summed E-state index contributed by atoms with van der Waals surface area (Å²) in [6, 6.07) is 1.51. The van der Waals surface area contributed by atoms with Gasteiger partial charge in [0.25, 0.3) is 0 Å². The number of thiophene rings is 1. The molecule has 1 heterocycles. The lowest BCUT2D eigenvalue weighted by Gasteiger charge is -1.77. The quantitative estimate of drug-likeness (QED) is 0.499. The predicted octanol–water partition coefficient (Wildman–Crippen LogP) is 3.02. The molecular weight excluding hydrogens is 193 g/mol. The Morgan fingerprint density at radius 1 is 1.60 bits per heavy atom. The van der Waals surface area contributed by atoms with E-state index in [1.54, 1.807) is 0 Å². The first-order chi connectivity index (χ1) is 4.74. The van der Waals surface area contributed by atoms with E-state index in [2.05, 4.69) is 4.99 Å². The summed E-state index contributed by atoms with van der Waals surface area (Å²) >= 11 is 12.3. The summed E-state index contributed by atoms with van der Waals surface area (Å²) in [5.41, 5.74) is 0.381. The molecule has 1 rings (SSSR count). The Hall–Kier alpha value is -0.340. The maximum absolute atomic E-state index is 9.75. The lowest BCUT2D eigenvalue weighted by Crippen LogP contribution is -1.52. The summed E-state index contributed by atoms with van der Waals surface area (Å²) < 4.78 is 0.923. The SMILES string of the molecule is O=C=Nc1cc(Cl)sc1Cl. The molecule has 0 saturated carbocycles. The topological polar surface area (TPSA) is 29.4 Å². The Morgan fingerprint density at radius 2 is 2.30 bits per heavy atom. The molecule has 0 unspecified atom stereocenters. The second-order valence-electron chi connectivity index (χ2n) is 1.41. The van der Waals surface area contributed by atoms with E-state index in [1.165, 1.54) is 23.5 Å². The van der Waals surface area contributed by atoms with Gasteiger partial charge in [-0.25, -0.2) is 4.79 Å². The summed E-state index contributed by atoms with van der Waals surface area (Å²) in [5.74, 6) is 0. The highest BCUT2D eigenvalue weighted by atomic mass is 35.5. The van der Waals surface area contributed by atoms with Crippen LogP contribution in [0.3, 0.4) is 0 Å². The van der Waals surface area contributed by atoms with Gasteiger partial charge < -0.3 is 0 Å². The molecule has 0 aliphatic heterocycles. The highest BCUT2D eigenvalue weighted by Crippen LogP contribution is 2.36. The Kier molecular flexibility index (Phi) is 2.46. The molecule has 1 aromatic rings. The second kappa shape index (κ2) is 3.17. The van der Waals surface area contributed by atoms with Crippen molar-refractivity contribution in [2.24, 2.45) is 4.99 Å². The van der Waals surface area contributed by atoms with Crippen LogP contribution in [0.5, 0.6) is 0 Å². The van der Waals surface area contributed by atoms with Crippen LogP contribution in [0.1, 0.15) is 0 Å². The first-order valence-corrected chi connectivity index (χ1v) is 3.84. The number of rotatable bonds is 1. The van der Waals surface area contributed by atoms with E-state index < -0.39 is 0 Å². The van der Waals surface area contributed by atoms with Gasteiger partial charge in [0.15, 0.2) is 0 Å². The minimum Gasteiger partial charge on any atom is -0.211 e. The number of aliphatic imine (C=N–C) groups is 1. The number of hydrogen-bond acceptors (Lipinski definition) is 3. The van der Waals surface area contributed by atoms with Gasteiger partial charge in [0.2, 0.25) is 6.08 Å². The van der Waals surface area contributed by atoms with E-state index >= 15 is 0 Å². The molecule has 52 valence electrons. The van der Waals surface area contributed by atoms with Crippen molar-refractivity contribution in [3.8, 4) is 0 Å². The molecule has 0 radical (unpaired) electrons. The van der Waals surface area contributed by atoms with Gasteiger partial charge in [-0.1, -0.05) is 23.2 Å². The first kappa shape index (κ1) is 7.76. The molecule has 1 aromatic heterocycles. The maximum Gasteiger partial charge on any atom is 0.240 e. The van der Waals surface area contributed by atoms with E-state index in [-0.39, 0.29) is 0 Å². The molecule has 0 aliphatic carbocycles. The molecule has 0 atom stereocenters. The van der Waals surface area contributed by atoms with Gasteiger partial charge in [-0.15, -0.1) is 11.3 Å². The number of carbonyl (C=O) groups excluding carboxylic acids is 1. The van der Waals surface area contributed by atoms with E-state index in [1.807, 2.05) is 0 Å². The average molecular weight is 194 g/mol. The van der Waals surface area contributed by atoms with Gasteiger partial charge in [0.1, 0.15) is 10.0 Å². The monoisotopic (exact) mass is 193 g/mol. The van der Waals surface area contributed by atoms with E-state index in [9.17, 15) is 4.79 Å². The molecular formula is C5HCl2NOS. The van der Waals surface area contributed by atoms with Crippen molar-refractivity contribution < 1.29 is 4.79 Å². The molecule has 0 aromatic carbocycles. The number of halogens is 2. The molecule has 5 heteroatoms. The molecule has 0 saturated heterocycles. The predicted molar refractivity (Wildman–Crippen MR) is 42.1 cm³/mol. The molecule has 0 N–H and O–H groups in total. The van der Waals surface area contributed by atoms with Crippen molar-refractivity contribution in [1.82, 2.24) is 0 Å². The van der Waals surface area contributed by atoms with Crippen molar-refractivity contribution in [2.45, 2.75) is 0 Å². The van der Waals surface area contributed by atoms with Crippen molar-refractivity contribution in [3.63, 3.8) is 0 Å². The van der Waals surface area contributed by atoms with Crippen LogP contribution in [0.15, 0.2) is 11.1 Å². The summed E-state index contributed by atoms with van der Waals surface area (Å²) in [7, 11) is 0. The molecule has 2 nitrogen and oxygen atoms in total. The molecule has 0 spiro atoms. The van der Waals surface area contributed by atoms with Crippen LogP contribution in [0.4, 0.5) is 5.69 Å². The molecule has 0 bridgehead atoms. The van der Waals surface area contributed by atoms with Gasteiger partial charge in [-0.05, 0) is 6.07 Å². The van der Waals surface area contributed by atoms with Gasteiger partial charge in [0.05, 0.1) is 4.34 Å². The van der Waals surface area contributed by atoms with Crippen molar-refractivity contribution >= 4 is 46.3 Å². The fraction of sp³-hybridized carbons (Fsp3) is 0. The van der Waals surface area contributed by atoms with E-state index in [0.717, 1.165) is 0 Å². The van der Waals surface area contributed by atoms with Crippen LogP contribution in [0.2, 0.25) is 8.67 Å². The number of isocyanates is 1. The number of hydrogen-bond donors (Lipinski definition) is 0. The van der Waals surface area contributed by atoms with Crippen LogP contribution in [-0.4, -0.2) is 6.08 Å². The molecule has 0 aliphatic rings. The highest BCUT2D eigenvalue weighted by molar-refractivity contribution is 7.20. The standard InChI is InChI=1S/C5HCl2NOS/c6-4-1-3(8-2-9)5(7)10-4/h1H. The van der Waals surface area contributed by atoms with Crippen LogP contribution >= 0.6 is 34.5 Å².